The first-order valence-corrected chi connectivity index (χ1v) is 5.92. The van der Waals surface area contributed by atoms with Gasteiger partial charge in [0, 0.05) is 5.56 Å². The lowest BCUT2D eigenvalue weighted by Crippen LogP contribution is -1.97. The number of aromatic nitrogens is 1. The second-order valence-electron chi connectivity index (χ2n) is 4.63. The summed E-state index contributed by atoms with van der Waals surface area (Å²) >= 11 is 0. The normalized spacial score (nSPS) is 10.9. The molecule has 4 heteroatoms. The lowest BCUT2D eigenvalue weighted by atomic mass is 9.95. The molecule has 0 bridgehead atoms. The lowest BCUT2D eigenvalue weighted by molar-refractivity contribution is 0.407. The molecule has 0 aliphatic heterocycles. The molecular formula is C14H18N2O2. The van der Waals surface area contributed by atoms with Crippen molar-refractivity contribution in [1.82, 2.24) is 4.98 Å². The molecule has 1 aromatic heterocycles. The minimum absolute atomic E-state index is 0.186. The number of hydrogen-bond donors (Lipinski definition) is 1. The summed E-state index contributed by atoms with van der Waals surface area (Å²) in [4.78, 5) is 4.17. The van der Waals surface area contributed by atoms with Gasteiger partial charge in [0.2, 0.25) is 0 Å². The lowest BCUT2D eigenvalue weighted by Gasteiger charge is -2.15. The van der Waals surface area contributed by atoms with Crippen LogP contribution in [0.15, 0.2) is 22.8 Å². The highest BCUT2D eigenvalue weighted by molar-refractivity contribution is 5.66. The van der Waals surface area contributed by atoms with Gasteiger partial charge < -0.3 is 14.9 Å². The molecular weight excluding hydrogens is 228 g/mol. The van der Waals surface area contributed by atoms with Gasteiger partial charge in [-0.25, -0.2) is 0 Å². The van der Waals surface area contributed by atoms with Crippen molar-refractivity contribution in [3.63, 3.8) is 0 Å². The van der Waals surface area contributed by atoms with E-state index in [0.717, 1.165) is 28.1 Å². The Labute approximate surface area is 107 Å². The van der Waals surface area contributed by atoms with Crippen LogP contribution in [0.3, 0.4) is 0 Å². The summed E-state index contributed by atoms with van der Waals surface area (Å²) in [5.74, 6) is 1.28. The summed E-state index contributed by atoms with van der Waals surface area (Å²) < 4.78 is 10.5. The molecule has 96 valence electrons. The Bertz CT molecular complexity index is 559. The van der Waals surface area contributed by atoms with Gasteiger partial charge in [-0.1, -0.05) is 13.8 Å². The van der Waals surface area contributed by atoms with Crippen LogP contribution in [-0.2, 0) is 0 Å². The highest BCUT2D eigenvalue weighted by atomic mass is 16.5. The Morgan fingerprint density at radius 3 is 2.56 bits per heavy atom. The van der Waals surface area contributed by atoms with Crippen LogP contribution in [0.25, 0.3) is 11.3 Å². The first-order chi connectivity index (χ1) is 8.52. The van der Waals surface area contributed by atoms with E-state index in [1.807, 2.05) is 13.0 Å². The second-order valence-corrected chi connectivity index (χ2v) is 4.63. The predicted octanol–water partition coefficient (Wildman–Crippen LogP) is 3.36. The highest BCUT2D eigenvalue weighted by Gasteiger charge is 2.14. The maximum atomic E-state index is 5.52. The zero-order chi connectivity index (χ0) is 13.3. The van der Waals surface area contributed by atoms with Crippen molar-refractivity contribution in [1.29, 1.82) is 0 Å². The number of benzene rings is 1. The molecule has 2 N–H and O–H groups in total. The van der Waals surface area contributed by atoms with Crippen LogP contribution in [-0.4, -0.2) is 12.1 Å². The number of methoxy groups -OCH3 is 1. The van der Waals surface area contributed by atoms with Crippen molar-refractivity contribution < 1.29 is 9.15 Å². The van der Waals surface area contributed by atoms with Gasteiger partial charge in [-0.05, 0) is 36.1 Å². The number of nitrogen functional groups attached to an aromatic ring is 1. The maximum Gasteiger partial charge on any atom is 0.292 e. The predicted molar refractivity (Wildman–Crippen MR) is 71.7 cm³/mol. The first kappa shape index (κ1) is 12.5. The molecule has 2 aromatic rings. The Kier molecular flexibility index (Phi) is 3.28. The van der Waals surface area contributed by atoms with Gasteiger partial charge in [-0.3, -0.25) is 0 Å². The molecule has 0 spiro atoms. The molecule has 2 rings (SSSR count). The van der Waals surface area contributed by atoms with E-state index in [9.17, 15) is 0 Å². The molecule has 18 heavy (non-hydrogen) atoms. The van der Waals surface area contributed by atoms with E-state index in [1.165, 1.54) is 0 Å². The third kappa shape index (κ3) is 2.18. The third-order valence-corrected chi connectivity index (χ3v) is 3.00. The Morgan fingerprint density at radius 1 is 1.33 bits per heavy atom. The average Bonchev–Trinajstić information content (AvgIpc) is 2.74. The molecule has 1 heterocycles. The Morgan fingerprint density at radius 2 is 2.06 bits per heavy atom. The standard InChI is InChI=1S/C14H18N2O2/c1-8(2)10-6-11(9(3)5-13(10)17-4)12-7-18-14(15)16-12/h5-8H,1-4H3,(H2,15,16). The fourth-order valence-corrected chi connectivity index (χ4v) is 2.01. The third-order valence-electron chi connectivity index (χ3n) is 3.00. The summed E-state index contributed by atoms with van der Waals surface area (Å²) in [6.45, 7) is 6.29. The van der Waals surface area contributed by atoms with Crippen LogP contribution < -0.4 is 10.5 Å². The molecule has 0 amide bonds. The number of rotatable bonds is 3. The van der Waals surface area contributed by atoms with Crippen molar-refractivity contribution in [2.75, 3.05) is 12.8 Å². The van der Waals surface area contributed by atoms with Crippen molar-refractivity contribution in [2.45, 2.75) is 26.7 Å². The molecule has 0 unspecified atom stereocenters. The van der Waals surface area contributed by atoms with Gasteiger partial charge in [-0.15, -0.1) is 0 Å². The molecule has 0 radical (unpaired) electrons. The van der Waals surface area contributed by atoms with E-state index in [0.29, 0.717) is 5.92 Å². The van der Waals surface area contributed by atoms with Crippen molar-refractivity contribution in [3.05, 3.63) is 29.5 Å². The van der Waals surface area contributed by atoms with Crippen LogP contribution in [0.5, 0.6) is 5.75 Å². The van der Waals surface area contributed by atoms with Crippen LogP contribution in [0.1, 0.15) is 30.9 Å². The van der Waals surface area contributed by atoms with Crippen LogP contribution in [0, 0.1) is 6.92 Å². The molecule has 0 atom stereocenters. The summed E-state index contributed by atoms with van der Waals surface area (Å²) in [6.07, 6.45) is 1.58. The average molecular weight is 246 g/mol. The molecule has 1 aromatic carbocycles. The first-order valence-electron chi connectivity index (χ1n) is 5.92. The largest absolute Gasteiger partial charge is 0.496 e. The van der Waals surface area contributed by atoms with Crippen molar-refractivity contribution in [3.8, 4) is 17.0 Å². The number of anilines is 1. The number of oxazole rings is 1. The minimum atomic E-state index is 0.186. The summed E-state index contributed by atoms with van der Waals surface area (Å²) in [7, 11) is 1.69. The number of ether oxygens (including phenoxy) is 1. The second kappa shape index (κ2) is 4.72. The topological polar surface area (TPSA) is 61.3 Å². The van der Waals surface area contributed by atoms with Gasteiger partial charge in [0.15, 0.2) is 0 Å². The minimum Gasteiger partial charge on any atom is -0.496 e. The van der Waals surface area contributed by atoms with E-state index >= 15 is 0 Å². The van der Waals surface area contributed by atoms with Gasteiger partial charge in [0.25, 0.3) is 6.01 Å². The molecule has 0 saturated carbocycles. The summed E-state index contributed by atoms with van der Waals surface area (Å²) in [5.41, 5.74) is 9.54. The Balaban J connectivity index is 2.58. The van der Waals surface area contributed by atoms with Gasteiger partial charge >= 0.3 is 0 Å². The smallest absolute Gasteiger partial charge is 0.292 e. The highest BCUT2D eigenvalue weighted by Crippen LogP contribution is 2.34. The van der Waals surface area contributed by atoms with E-state index in [1.54, 1.807) is 13.4 Å². The SMILES string of the molecule is COc1cc(C)c(-c2coc(N)n2)cc1C(C)C. The molecule has 0 aliphatic rings. The van der Waals surface area contributed by atoms with Crippen LogP contribution in [0.4, 0.5) is 6.01 Å². The number of aryl methyl sites for hydroxylation is 1. The van der Waals surface area contributed by atoms with E-state index in [4.69, 9.17) is 14.9 Å². The molecule has 0 saturated heterocycles. The molecule has 0 aliphatic carbocycles. The number of nitrogens with zero attached hydrogens (tertiary/aromatic N) is 1. The van der Waals surface area contributed by atoms with Crippen molar-refractivity contribution in [2.24, 2.45) is 0 Å². The fourth-order valence-electron chi connectivity index (χ4n) is 2.01. The van der Waals surface area contributed by atoms with Crippen molar-refractivity contribution >= 4 is 6.01 Å². The zero-order valence-corrected chi connectivity index (χ0v) is 11.2. The van der Waals surface area contributed by atoms with E-state index in [2.05, 4.69) is 24.9 Å². The van der Waals surface area contributed by atoms with Gasteiger partial charge in [0.05, 0.1) is 7.11 Å². The van der Waals surface area contributed by atoms with E-state index < -0.39 is 0 Å². The Hall–Kier alpha value is -1.97. The number of hydrogen-bond acceptors (Lipinski definition) is 4. The summed E-state index contributed by atoms with van der Waals surface area (Å²) in [6, 6.07) is 4.30. The zero-order valence-electron chi connectivity index (χ0n) is 11.2. The monoisotopic (exact) mass is 246 g/mol. The van der Waals surface area contributed by atoms with Crippen LogP contribution >= 0.6 is 0 Å². The molecule has 4 nitrogen and oxygen atoms in total. The number of nitrogens with two attached hydrogens (primary N) is 1. The summed E-state index contributed by atoms with van der Waals surface area (Å²) in [5, 5.41) is 0. The van der Waals surface area contributed by atoms with E-state index in [-0.39, 0.29) is 6.01 Å². The fraction of sp³-hybridized carbons (Fsp3) is 0.357. The van der Waals surface area contributed by atoms with Gasteiger partial charge in [-0.2, -0.15) is 4.98 Å². The molecule has 0 fully saturated rings. The maximum absolute atomic E-state index is 5.52. The van der Waals surface area contributed by atoms with Crippen LogP contribution in [0.2, 0.25) is 0 Å². The van der Waals surface area contributed by atoms with Gasteiger partial charge in [0.1, 0.15) is 17.7 Å². The quantitative estimate of drug-likeness (QED) is 0.902.